The van der Waals surface area contributed by atoms with Crippen molar-refractivity contribution in [3.63, 3.8) is 0 Å². The van der Waals surface area contributed by atoms with Crippen molar-refractivity contribution in [1.82, 2.24) is 9.47 Å². The maximum Gasteiger partial charge on any atom is 0.293 e. The molecule has 33 heavy (non-hydrogen) atoms. The first kappa shape index (κ1) is 23.6. The number of aromatic nitrogens is 1. The van der Waals surface area contributed by atoms with E-state index in [2.05, 4.69) is 51.4 Å². The minimum Gasteiger partial charge on any atom is -0.491 e. The molecule has 1 aliphatic heterocycles. The van der Waals surface area contributed by atoms with Crippen LogP contribution in [0.5, 0.6) is 5.75 Å². The average molecular weight is 572 g/mol. The van der Waals surface area contributed by atoms with Crippen molar-refractivity contribution in [3.05, 3.63) is 85.1 Å². The number of amides is 2. The SMILES string of the molecule is Cc1ccc(C)c(OCCN2C(=O)S/C(=C\c3cc(C)n(-c4ccc(I)cc4)c3C)C2=O)c1. The standard InChI is InChI=1S/C26H25IN2O3S/c1-16-5-6-17(2)23(13-16)32-12-11-28-25(30)24(33-26(28)31)15-20-14-18(3)29(19(20)4)22-9-7-21(27)8-10-22/h5-10,13-15H,11-12H2,1-4H3/b24-15-. The summed E-state index contributed by atoms with van der Waals surface area (Å²) in [6.07, 6.45) is 1.82. The van der Waals surface area contributed by atoms with Gasteiger partial charge in [-0.25, -0.2) is 0 Å². The summed E-state index contributed by atoms with van der Waals surface area (Å²) < 4.78 is 9.18. The molecule has 0 aliphatic carbocycles. The summed E-state index contributed by atoms with van der Waals surface area (Å²) >= 11 is 3.27. The number of carbonyl (C=O) groups is 2. The van der Waals surface area contributed by atoms with Crippen molar-refractivity contribution in [2.24, 2.45) is 0 Å². The second-order valence-electron chi connectivity index (χ2n) is 8.09. The zero-order chi connectivity index (χ0) is 23.7. The molecule has 1 aromatic heterocycles. The molecule has 2 aromatic carbocycles. The van der Waals surface area contributed by atoms with E-state index in [0.717, 1.165) is 51.3 Å². The molecule has 0 spiro atoms. The van der Waals surface area contributed by atoms with Crippen molar-refractivity contribution >= 4 is 51.6 Å². The highest BCUT2D eigenvalue weighted by molar-refractivity contribution is 14.1. The maximum atomic E-state index is 12.9. The summed E-state index contributed by atoms with van der Waals surface area (Å²) in [4.78, 5) is 27.2. The lowest BCUT2D eigenvalue weighted by Gasteiger charge is -2.14. The molecule has 1 aliphatic rings. The molecule has 5 nitrogen and oxygen atoms in total. The van der Waals surface area contributed by atoms with Crippen LogP contribution in [0.25, 0.3) is 11.8 Å². The number of benzene rings is 2. The van der Waals surface area contributed by atoms with Gasteiger partial charge in [0.2, 0.25) is 0 Å². The smallest absolute Gasteiger partial charge is 0.293 e. The third-order valence-corrected chi connectivity index (χ3v) is 7.26. The van der Waals surface area contributed by atoms with E-state index in [-0.39, 0.29) is 24.3 Å². The Morgan fingerprint density at radius 3 is 2.45 bits per heavy atom. The normalized spacial score (nSPS) is 15.1. The Hall–Kier alpha value is -2.52. The van der Waals surface area contributed by atoms with Gasteiger partial charge in [0.25, 0.3) is 11.1 Å². The molecule has 1 fully saturated rings. The molecule has 2 heterocycles. The molecule has 3 aromatic rings. The highest BCUT2D eigenvalue weighted by Gasteiger charge is 2.35. The lowest BCUT2D eigenvalue weighted by Crippen LogP contribution is -2.32. The van der Waals surface area contributed by atoms with Crippen LogP contribution in [0.4, 0.5) is 4.79 Å². The second-order valence-corrected chi connectivity index (χ2v) is 10.3. The fourth-order valence-electron chi connectivity index (χ4n) is 3.86. The maximum absolute atomic E-state index is 12.9. The molecule has 0 atom stereocenters. The van der Waals surface area contributed by atoms with Crippen LogP contribution in [-0.4, -0.2) is 33.8 Å². The third-order valence-electron chi connectivity index (χ3n) is 5.63. The number of thioether (sulfide) groups is 1. The number of halogens is 1. The van der Waals surface area contributed by atoms with Gasteiger partial charge in [0.05, 0.1) is 11.4 Å². The lowest BCUT2D eigenvalue weighted by atomic mass is 10.1. The van der Waals surface area contributed by atoms with E-state index in [4.69, 9.17) is 4.74 Å². The number of nitrogens with zero attached hydrogens (tertiary/aromatic N) is 2. The summed E-state index contributed by atoms with van der Waals surface area (Å²) in [5.74, 6) is 0.509. The molecular weight excluding hydrogens is 547 g/mol. The molecule has 4 rings (SSSR count). The zero-order valence-electron chi connectivity index (χ0n) is 19.0. The first-order chi connectivity index (χ1) is 15.7. The highest BCUT2D eigenvalue weighted by Crippen LogP contribution is 2.34. The van der Waals surface area contributed by atoms with Gasteiger partial charge >= 0.3 is 0 Å². The van der Waals surface area contributed by atoms with E-state index in [9.17, 15) is 9.59 Å². The predicted molar refractivity (Wildman–Crippen MR) is 142 cm³/mol. The number of ether oxygens (including phenoxy) is 1. The topological polar surface area (TPSA) is 51.5 Å². The molecular formula is C26H25IN2O3S. The molecule has 0 unspecified atom stereocenters. The van der Waals surface area contributed by atoms with Crippen LogP contribution in [0, 0.1) is 31.3 Å². The summed E-state index contributed by atoms with van der Waals surface area (Å²) in [6.45, 7) is 8.53. The van der Waals surface area contributed by atoms with Crippen molar-refractivity contribution < 1.29 is 14.3 Å². The van der Waals surface area contributed by atoms with Gasteiger partial charge in [0.15, 0.2) is 0 Å². The van der Waals surface area contributed by atoms with E-state index in [1.807, 2.05) is 58.0 Å². The van der Waals surface area contributed by atoms with Gasteiger partial charge in [-0.05, 0) is 121 Å². The molecule has 7 heteroatoms. The Bertz CT molecular complexity index is 1260. The molecule has 0 bridgehead atoms. The predicted octanol–water partition coefficient (Wildman–Crippen LogP) is 6.43. The summed E-state index contributed by atoms with van der Waals surface area (Å²) in [7, 11) is 0. The van der Waals surface area contributed by atoms with Crippen LogP contribution in [0.1, 0.15) is 28.1 Å². The lowest BCUT2D eigenvalue weighted by molar-refractivity contribution is -0.123. The largest absolute Gasteiger partial charge is 0.491 e. The van der Waals surface area contributed by atoms with Crippen molar-refractivity contribution in [3.8, 4) is 11.4 Å². The van der Waals surface area contributed by atoms with Gasteiger partial charge < -0.3 is 9.30 Å². The Morgan fingerprint density at radius 2 is 1.73 bits per heavy atom. The van der Waals surface area contributed by atoms with Crippen molar-refractivity contribution in [1.29, 1.82) is 0 Å². The zero-order valence-corrected chi connectivity index (χ0v) is 22.0. The number of hydrogen-bond acceptors (Lipinski definition) is 4. The van der Waals surface area contributed by atoms with Crippen molar-refractivity contribution in [2.45, 2.75) is 27.7 Å². The second kappa shape index (κ2) is 9.77. The van der Waals surface area contributed by atoms with E-state index in [0.29, 0.717) is 4.91 Å². The highest BCUT2D eigenvalue weighted by atomic mass is 127. The minimum absolute atomic E-state index is 0.219. The van der Waals surface area contributed by atoms with Crippen LogP contribution in [0.2, 0.25) is 0 Å². The Balaban J connectivity index is 1.49. The van der Waals surface area contributed by atoms with Gasteiger partial charge in [-0.3, -0.25) is 14.5 Å². The van der Waals surface area contributed by atoms with E-state index >= 15 is 0 Å². The van der Waals surface area contributed by atoms with Crippen LogP contribution >= 0.6 is 34.4 Å². The molecule has 2 amide bonds. The number of carbonyl (C=O) groups excluding carboxylic acids is 2. The van der Waals surface area contributed by atoms with Crippen LogP contribution in [0.15, 0.2) is 53.4 Å². The average Bonchev–Trinajstić information content (AvgIpc) is 3.20. The van der Waals surface area contributed by atoms with Crippen LogP contribution in [0.3, 0.4) is 0 Å². The molecule has 0 saturated carbocycles. The molecule has 0 radical (unpaired) electrons. The minimum atomic E-state index is -0.270. The van der Waals surface area contributed by atoms with E-state index in [1.54, 1.807) is 0 Å². The molecule has 170 valence electrons. The Morgan fingerprint density at radius 1 is 1.00 bits per heavy atom. The summed E-state index contributed by atoms with van der Waals surface area (Å²) in [6, 6.07) is 16.3. The van der Waals surface area contributed by atoms with Crippen molar-refractivity contribution in [2.75, 3.05) is 13.2 Å². The monoisotopic (exact) mass is 572 g/mol. The number of hydrogen-bond donors (Lipinski definition) is 0. The first-order valence-corrected chi connectivity index (χ1v) is 12.5. The number of rotatable bonds is 6. The first-order valence-electron chi connectivity index (χ1n) is 10.6. The Labute approximate surface area is 212 Å². The fraction of sp³-hybridized carbons (Fsp3) is 0.231. The number of aryl methyl sites for hydroxylation is 3. The van der Waals surface area contributed by atoms with E-state index < -0.39 is 0 Å². The van der Waals surface area contributed by atoms with Gasteiger partial charge in [0, 0.05) is 20.6 Å². The molecule has 0 N–H and O–H groups in total. The Kier molecular flexibility index (Phi) is 6.99. The van der Waals surface area contributed by atoms with Crippen LogP contribution < -0.4 is 4.74 Å². The van der Waals surface area contributed by atoms with Gasteiger partial charge in [-0.15, -0.1) is 0 Å². The summed E-state index contributed by atoms with van der Waals surface area (Å²) in [5, 5.41) is -0.262. The van der Waals surface area contributed by atoms with E-state index in [1.165, 1.54) is 8.47 Å². The van der Waals surface area contributed by atoms with Gasteiger partial charge in [-0.2, -0.15) is 0 Å². The quantitative estimate of drug-likeness (QED) is 0.252. The third kappa shape index (κ3) is 5.04. The number of imide groups is 1. The van der Waals surface area contributed by atoms with Crippen LogP contribution in [-0.2, 0) is 4.79 Å². The van der Waals surface area contributed by atoms with Gasteiger partial charge in [0.1, 0.15) is 12.4 Å². The van der Waals surface area contributed by atoms with Gasteiger partial charge in [-0.1, -0.05) is 12.1 Å². The summed E-state index contributed by atoms with van der Waals surface area (Å²) in [5.41, 5.74) is 6.23. The fourth-order valence-corrected chi connectivity index (χ4v) is 5.08. The molecule has 1 saturated heterocycles.